The van der Waals surface area contributed by atoms with E-state index in [1.807, 2.05) is 12.1 Å². The van der Waals surface area contributed by atoms with E-state index >= 15 is 0 Å². The van der Waals surface area contributed by atoms with Crippen molar-refractivity contribution in [2.24, 2.45) is 0 Å². The fraction of sp³-hybridized carbons (Fsp3) is 0.231. The fourth-order valence-electron chi connectivity index (χ4n) is 1.70. The molecule has 0 spiro atoms. The van der Waals surface area contributed by atoms with E-state index in [2.05, 4.69) is 32.8 Å². The van der Waals surface area contributed by atoms with E-state index in [9.17, 15) is 4.79 Å². The maximum atomic E-state index is 11.6. The van der Waals surface area contributed by atoms with E-state index in [0.29, 0.717) is 10.8 Å². The van der Waals surface area contributed by atoms with Crippen LogP contribution >= 0.6 is 27.5 Å². The largest absolute Gasteiger partial charge is 0.306 e. The molecule has 0 aliphatic rings. The lowest BCUT2D eigenvalue weighted by Crippen LogP contribution is -2.10. The summed E-state index contributed by atoms with van der Waals surface area (Å²) in [5.74, 6) is 0.517. The molecule has 1 heterocycles. The van der Waals surface area contributed by atoms with E-state index in [1.165, 1.54) is 6.07 Å². The number of aromatic amines is 1. The smallest absolute Gasteiger partial charge is 0.251 e. The Morgan fingerprint density at radius 1 is 1.39 bits per heavy atom. The lowest BCUT2D eigenvalue weighted by atomic mass is 10.2. The molecule has 1 aromatic heterocycles. The van der Waals surface area contributed by atoms with Gasteiger partial charge in [0.2, 0.25) is 0 Å². The summed E-state index contributed by atoms with van der Waals surface area (Å²) >= 11 is 9.50. The van der Waals surface area contributed by atoms with Gasteiger partial charge in [0, 0.05) is 21.8 Å². The predicted octanol–water partition coefficient (Wildman–Crippen LogP) is 3.81. The second kappa shape index (κ2) is 5.67. The number of rotatable bonds is 3. The number of hydrogen-bond acceptors (Lipinski definition) is 2. The topological polar surface area (TPSA) is 45.8 Å². The summed E-state index contributed by atoms with van der Waals surface area (Å²) in [6, 6.07) is 7.01. The van der Waals surface area contributed by atoms with Gasteiger partial charge >= 0.3 is 0 Å². The van der Waals surface area contributed by atoms with Crippen LogP contribution in [0.5, 0.6) is 0 Å². The fourth-order valence-corrected chi connectivity index (χ4v) is 2.46. The highest BCUT2D eigenvalue weighted by Crippen LogP contribution is 2.27. The van der Waals surface area contributed by atoms with Crippen molar-refractivity contribution >= 4 is 27.5 Å². The number of aryl methyl sites for hydroxylation is 1. The van der Waals surface area contributed by atoms with Gasteiger partial charge in [-0.25, -0.2) is 4.98 Å². The van der Waals surface area contributed by atoms with Crippen molar-refractivity contribution in [2.75, 3.05) is 0 Å². The summed E-state index contributed by atoms with van der Waals surface area (Å²) in [7, 11) is 0. The standard InChI is InChI=1S/C13H12BrClN2O/c1-2-3-9-7-12(18)17-13(16-9)10-5-4-8(14)6-11(10)15/h4-7H,2-3H2,1H3,(H,16,17,18). The monoisotopic (exact) mass is 326 g/mol. The molecule has 18 heavy (non-hydrogen) atoms. The van der Waals surface area contributed by atoms with Gasteiger partial charge in [0.05, 0.1) is 5.02 Å². The minimum absolute atomic E-state index is 0.151. The Kier molecular flexibility index (Phi) is 4.19. The third kappa shape index (κ3) is 3.00. The third-order valence-corrected chi connectivity index (χ3v) is 3.29. The van der Waals surface area contributed by atoms with Crippen molar-refractivity contribution in [1.82, 2.24) is 9.97 Å². The normalized spacial score (nSPS) is 10.6. The number of halogens is 2. The predicted molar refractivity (Wildman–Crippen MR) is 77.0 cm³/mol. The highest BCUT2D eigenvalue weighted by atomic mass is 79.9. The first-order valence-electron chi connectivity index (χ1n) is 5.66. The van der Waals surface area contributed by atoms with E-state index in [0.717, 1.165) is 28.6 Å². The molecule has 0 atom stereocenters. The summed E-state index contributed by atoms with van der Waals surface area (Å²) < 4.78 is 0.892. The number of aromatic nitrogens is 2. The Balaban J connectivity index is 2.53. The minimum atomic E-state index is -0.151. The molecule has 0 saturated heterocycles. The maximum absolute atomic E-state index is 11.6. The van der Waals surface area contributed by atoms with Gasteiger partial charge in [0.15, 0.2) is 0 Å². The van der Waals surface area contributed by atoms with Gasteiger partial charge in [0.25, 0.3) is 5.56 Å². The van der Waals surface area contributed by atoms with Crippen LogP contribution in [0.25, 0.3) is 11.4 Å². The summed E-state index contributed by atoms with van der Waals surface area (Å²) in [5, 5.41) is 0.557. The Bertz CT molecular complexity index is 625. The van der Waals surface area contributed by atoms with Crippen molar-refractivity contribution in [3.63, 3.8) is 0 Å². The van der Waals surface area contributed by atoms with Gasteiger partial charge in [-0.15, -0.1) is 0 Å². The zero-order chi connectivity index (χ0) is 13.1. The molecule has 0 fully saturated rings. The molecule has 0 unspecified atom stereocenters. The van der Waals surface area contributed by atoms with Crippen molar-refractivity contribution in [3.05, 3.63) is 49.8 Å². The highest BCUT2D eigenvalue weighted by Gasteiger charge is 2.08. The summed E-state index contributed by atoms with van der Waals surface area (Å²) in [6.07, 6.45) is 1.73. The second-order valence-corrected chi connectivity index (χ2v) is 5.28. The molecule has 1 aromatic carbocycles. The van der Waals surface area contributed by atoms with Crippen LogP contribution < -0.4 is 5.56 Å². The summed E-state index contributed by atoms with van der Waals surface area (Å²) in [4.78, 5) is 18.7. The molecule has 0 radical (unpaired) electrons. The van der Waals surface area contributed by atoms with Gasteiger partial charge in [-0.05, 0) is 24.6 Å². The first-order valence-corrected chi connectivity index (χ1v) is 6.83. The Hall–Kier alpha value is -1.13. The molecular formula is C13H12BrClN2O. The maximum Gasteiger partial charge on any atom is 0.251 e. The van der Waals surface area contributed by atoms with Gasteiger partial charge in [0.1, 0.15) is 5.82 Å². The number of nitrogens with zero attached hydrogens (tertiary/aromatic N) is 1. The highest BCUT2D eigenvalue weighted by molar-refractivity contribution is 9.10. The quantitative estimate of drug-likeness (QED) is 0.932. The van der Waals surface area contributed by atoms with Gasteiger partial charge < -0.3 is 4.98 Å². The zero-order valence-electron chi connectivity index (χ0n) is 9.84. The second-order valence-electron chi connectivity index (χ2n) is 3.96. The molecule has 5 heteroatoms. The molecule has 1 N–H and O–H groups in total. The van der Waals surface area contributed by atoms with Crippen LogP contribution in [0.15, 0.2) is 33.5 Å². The van der Waals surface area contributed by atoms with Crippen LogP contribution in [0.4, 0.5) is 0 Å². The van der Waals surface area contributed by atoms with Crippen LogP contribution in [-0.2, 0) is 6.42 Å². The van der Waals surface area contributed by atoms with Crippen LogP contribution in [-0.4, -0.2) is 9.97 Å². The molecule has 3 nitrogen and oxygen atoms in total. The van der Waals surface area contributed by atoms with Crippen molar-refractivity contribution in [3.8, 4) is 11.4 Å². The number of benzene rings is 1. The Labute approximate surface area is 118 Å². The number of nitrogens with one attached hydrogen (secondary N) is 1. The van der Waals surface area contributed by atoms with Gasteiger partial charge in [-0.1, -0.05) is 40.9 Å². The molecule has 0 bridgehead atoms. The van der Waals surface area contributed by atoms with Crippen molar-refractivity contribution in [2.45, 2.75) is 19.8 Å². The molecule has 0 aliphatic carbocycles. The van der Waals surface area contributed by atoms with Crippen LogP contribution in [0.2, 0.25) is 5.02 Å². The molecule has 0 aliphatic heterocycles. The van der Waals surface area contributed by atoms with E-state index in [-0.39, 0.29) is 5.56 Å². The first-order chi connectivity index (χ1) is 8.60. The van der Waals surface area contributed by atoms with Gasteiger partial charge in [-0.3, -0.25) is 4.79 Å². The Morgan fingerprint density at radius 2 is 2.17 bits per heavy atom. The third-order valence-electron chi connectivity index (χ3n) is 2.49. The van der Waals surface area contributed by atoms with E-state index in [4.69, 9.17) is 11.6 Å². The van der Waals surface area contributed by atoms with Gasteiger partial charge in [-0.2, -0.15) is 0 Å². The van der Waals surface area contributed by atoms with Crippen LogP contribution in [0.1, 0.15) is 19.0 Å². The van der Waals surface area contributed by atoms with Crippen LogP contribution in [0, 0.1) is 0 Å². The minimum Gasteiger partial charge on any atom is -0.306 e. The SMILES string of the molecule is CCCc1cc(=O)[nH]c(-c2ccc(Br)cc2Cl)n1. The van der Waals surface area contributed by atoms with E-state index < -0.39 is 0 Å². The summed E-state index contributed by atoms with van der Waals surface area (Å²) in [5.41, 5.74) is 1.37. The Morgan fingerprint density at radius 3 is 2.83 bits per heavy atom. The molecule has 2 aromatic rings. The molecular weight excluding hydrogens is 316 g/mol. The molecule has 2 rings (SSSR count). The lowest BCUT2D eigenvalue weighted by Gasteiger charge is -2.06. The van der Waals surface area contributed by atoms with Crippen LogP contribution in [0.3, 0.4) is 0 Å². The average Bonchev–Trinajstić information content (AvgIpc) is 2.28. The molecule has 94 valence electrons. The molecule has 0 saturated carbocycles. The van der Waals surface area contributed by atoms with E-state index in [1.54, 1.807) is 6.07 Å². The number of H-pyrrole nitrogens is 1. The summed E-state index contributed by atoms with van der Waals surface area (Å²) in [6.45, 7) is 2.05. The van der Waals surface area contributed by atoms with Crippen molar-refractivity contribution < 1.29 is 0 Å². The number of hydrogen-bond donors (Lipinski definition) is 1. The zero-order valence-corrected chi connectivity index (χ0v) is 12.2. The first kappa shape index (κ1) is 13.3. The molecule has 0 amide bonds. The lowest BCUT2D eigenvalue weighted by molar-refractivity contribution is 0.870. The average molecular weight is 328 g/mol. The van der Waals surface area contributed by atoms with Crippen molar-refractivity contribution in [1.29, 1.82) is 0 Å².